The molecule has 2 heterocycles. The van der Waals surface area contributed by atoms with E-state index in [1.807, 2.05) is 12.1 Å². The molecule has 2 rings (SSSR count). The number of thiophene rings is 1. The van der Waals surface area contributed by atoms with Crippen molar-refractivity contribution in [1.29, 1.82) is 5.26 Å². The van der Waals surface area contributed by atoms with E-state index in [0.717, 1.165) is 14.2 Å². The highest BCUT2D eigenvalue weighted by molar-refractivity contribution is 9.11. The van der Waals surface area contributed by atoms with Gasteiger partial charge in [-0.2, -0.15) is 5.26 Å². The van der Waals surface area contributed by atoms with Crippen molar-refractivity contribution in [2.75, 3.05) is 5.32 Å². The van der Waals surface area contributed by atoms with E-state index in [-0.39, 0.29) is 0 Å². The number of nitriles is 1. The molecule has 0 atom stereocenters. The molecule has 0 unspecified atom stereocenters. The van der Waals surface area contributed by atoms with Crippen LogP contribution in [-0.4, -0.2) is 15.5 Å². The summed E-state index contributed by atoms with van der Waals surface area (Å²) in [5.41, 5.74) is 0.291. The molecule has 0 aliphatic heterocycles. The SMILES string of the molecule is CC(C)(C#N)Nc1ncc(-c2ccc(Br)s2)cn1. The van der Waals surface area contributed by atoms with Crippen LogP contribution in [-0.2, 0) is 0 Å². The van der Waals surface area contributed by atoms with Crippen LogP contribution in [0.3, 0.4) is 0 Å². The van der Waals surface area contributed by atoms with Crippen LogP contribution in [0.2, 0.25) is 0 Å². The molecule has 0 saturated heterocycles. The van der Waals surface area contributed by atoms with E-state index >= 15 is 0 Å². The van der Waals surface area contributed by atoms with Gasteiger partial charge < -0.3 is 5.32 Å². The predicted molar refractivity (Wildman–Crippen MR) is 76.4 cm³/mol. The smallest absolute Gasteiger partial charge is 0.223 e. The Bertz CT molecular complexity index is 583. The minimum Gasteiger partial charge on any atom is -0.336 e. The minimum atomic E-state index is -0.673. The van der Waals surface area contributed by atoms with Crippen LogP contribution in [0.1, 0.15) is 13.8 Å². The minimum absolute atomic E-state index is 0.459. The number of rotatable bonds is 3. The van der Waals surface area contributed by atoms with Gasteiger partial charge in [0.25, 0.3) is 0 Å². The monoisotopic (exact) mass is 322 g/mol. The highest BCUT2D eigenvalue weighted by Crippen LogP contribution is 2.30. The number of nitrogens with one attached hydrogen (secondary N) is 1. The number of hydrogen-bond acceptors (Lipinski definition) is 5. The first-order chi connectivity index (χ1) is 8.50. The van der Waals surface area contributed by atoms with E-state index in [0.29, 0.717) is 5.95 Å². The van der Waals surface area contributed by atoms with Crippen molar-refractivity contribution in [3.8, 4) is 16.5 Å². The van der Waals surface area contributed by atoms with Crippen LogP contribution in [0.25, 0.3) is 10.4 Å². The summed E-state index contributed by atoms with van der Waals surface area (Å²) < 4.78 is 1.07. The van der Waals surface area contributed by atoms with Crippen molar-refractivity contribution in [1.82, 2.24) is 9.97 Å². The Morgan fingerprint density at radius 2 is 2.00 bits per heavy atom. The Hall–Kier alpha value is -1.45. The second-order valence-corrected chi connectivity index (χ2v) is 6.72. The van der Waals surface area contributed by atoms with Crippen molar-refractivity contribution < 1.29 is 0 Å². The molecule has 4 nitrogen and oxygen atoms in total. The second-order valence-electron chi connectivity index (χ2n) is 4.26. The van der Waals surface area contributed by atoms with Crippen molar-refractivity contribution >= 4 is 33.2 Å². The van der Waals surface area contributed by atoms with Crippen molar-refractivity contribution in [2.24, 2.45) is 0 Å². The summed E-state index contributed by atoms with van der Waals surface area (Å²) in [6.07, 6.45) is 3.50. The van der Waals surface area contributed by atoms with Crippen LogP contribution >= 0.6 is 27.3 Å². The van der Waals surface area contributed by atoms with E-state index < -0.39 is 5.54 Å². The molecule has 2 aromatic rings. The van der Waals surface area contributed by atoms with Gasteiger partial charge in [0, 0.05) is 22.8 Å². The molecule has 6 heteroatoms. The zero-order valence-electron chi connectivity index (χ0n) is 9.94. The maximum absolute atomic E-state index is 8.92. The van der Waals surface area contributed by atoms with Crippen LogP contribution < -0.4 is 5.32 Å². The van der Waals surface area contributed by atoms with Gasteiger partial charge >= 0.3 is 0 Å². The highest BCUT2D eigenvalue weighted by Gasteiger charge is 2.17. The van der Waals surface area contributed by atoms with Crippen LogP contribution in [0.15, 0.2) is 28.3 Å². The lowest BCUT2D eigenvalue weighted by Crippen LogP contribution is -2.29. The van der Waals surface area contributed by atoms with Gasteiger partial charge in [0.15, 0.2) is 0 Å². The fraction of sp³-hybridized carbons (Fsp3) is 0.250. The number of aromatic nitrogens is 2. The molecule has 0 aromatic carbocycles. The molecule has 0 aliphatic carbocycles. The first-order valence-electron chi connectivity index (χ1n) is 5.27. The van der Waals surface area contributed by atoms with Gasteiger partial charge in [-0.25, -0.2) is 9.97 Å². The van der Waals surface area contributed by atoms with Gasteiger partial charge in [0.1, 0.15) is 5.54 Å². The van der Waals surface area contributed by atoms with Gasteiger partial charge in [-0.15, -0.1) is 11.3 Å². The topological polar surface area (TPSA) is 61.6 Å². The Morgan fingerprint density at radius 1 is 1.33 bits per heavy atom. The summed E-state index contributed by atoms with van der Waals surface area (Å²) in [5, 5.41) is 11.9. The summed E-state index contributed by atoms with van der Waals surface area (Å²) in [7, 11) is 0. The third-order valence-corrected chi connectivity index (χ3v) is 3.89. The molecular weight excluding hydrogens is 312 g/mol. The molecule has 0 radical (unpaired) electrons. The maximum atomic E-state index is 8.92. The third kappa shape index (κ3) is 3.06. The molecule has 0 amide bonds. The molecule has 0 saturated carbocycles. The van der Waals surface area contributed by atoms with Gasteiger partial charge in [-0.05, 0) is 41.9 Å². The molecule has 0 bridgehead atoms. The molecule has 18 heavy (non-hydrogen) atoms. The van der Waals surface area contributed by atoms with E-state index in [9.17, 15) is 0 Å². The molecule has 0 fully saturated rings. The normalized spacial score (nSPS) is 11.0. The highest BCUT2D eigenvalue weighted by atomic mass is 79.9. The fourth-order valence-corrected chi connectivity index (χ4v) is 2.66. The average molecular weight is 323 g/mol. The number of nitrogens with zero attached hydrogens (tertiary/aromatic N) is 3. The lowest BCUT2D eigenvalue weighted by Gasteiger charge is -2.16. The van der Waals surface area contributed by atoms with Gasteiger partial charge in [0.05, 0.1) is 9.86 Å². The summed E-state index contributed by atoms with van der Waals surface area (Å²) in [6, 6.07) is 6.15. The van der Waals surface area contributed by atoms with Gasteiger partial charge in [-0.3, -0.25) is 0 Å². The van der Waals surface area contributed by atoms with E-state index in [2.05, 4.69) is 37.3 Å². The maximum Gasteiger partial charge on any atom is 0.223 e. The van der Waals surface area contributed by atoms with Gasteiger partial charge in [-0.1, -0.05) is 0 Å². The van der Waals surface area contributed by atoms with Crippen molar-refractivity contribution in [3.05, 3.63) is 28.3 Å². The Kier molecular flexibility index (Phi) is 3.64. The quantitative estimate of drug-likeness (QED) is 0.936. The first-order valence-corrected chi connectivity index (χ1v) is 6.88. The van der Waals surface area contributed by atoms with E-state index in [4.69, 9.17) is 5.26 Å². The van der Waals surface area contributed by atoms with E-state index in [1.54, 1.807) is 37.6 Å². The van der Waals surface area contributed by atoms with Crippen molar-refractivity contribution in [2.45, 2.75) is 19.4 Å². The van der Waals surface area contributed by atoms with Crippen LogP contribution in [0.5, 0.6) is 0 Å². The Morgan fingerprint density at radius 3 is 2.50 bits per heavy atom. The van der Waals surface area contributed by atoms with Crippen LogP contribution in [0.4, 0.5) is 5.95 Å². The zero-order chi connectivity index (χ0) is 13.2. The fourth-order valence-electron chi connectivity index (χ4n) is 1.30. The van der Waals surface area contributed by atoms with Crippen LogP contribution in [0, 0.1) is 11.3 Å². The first kappa shape index (κ1) is 13.0. The van der Waals surface area contributed by atoms with Gasteiger partial charge in [0.2, 0.25) is 5.95 Å². The number of halogens is 1. The largest absolute Gasteiger partial charge is 0.336 e. The second kappa shape index (κ2) is 5.04. The van der Waals surface area contributed by atoms with E-state index in [1.165, 1.54) is 0 Å². The zero-order valence-corrected chi connectivity index (χ0v) is 12.3. The average Bonchev–Trinajstić information content (AvgIpc) is 2.76. The molecular formula is C12H11BrN4S. The number of anilines is 1. The molecule has 1 N–H and O–H groups in total. The third-order valence-electron chi connectivity index (χ3n) is 2.21. The molecule has 2 aromatic heterocycles. The van der Waals surface area contributed by atoms with Crippen molar-refractivity contribution in [3.63, 3.8) is 0 Å². The predicted octanol–water partition coefficient (Wildman–Crippen LogP) is 3.68. The number of hydrogen-bond donors (Lipinski definition) is 1. The summed E-state index contributed by atoms with van der Waals surface area (Å²) in [5.74, 6) is 0.459. The summed E-state index contributed by atoms with van der Waals surface area (Å²) in [6.45, 7) is 3.56. The molecule has 92 valence electrons. The Labute approximate surface area is 118 Å². The molecule has 0 spiro atoms. The standard InChI is InChI=1S/C12H11BrN4S/c1-12(2,7-14)17-11-15-5-8(6-16-11)9-3-4-10(13)18-9/h3-6H,1-2H3,(H,15,16,17). The summed E-state index contributed by atoms with van der Waals surface area (Å²) >= 11 is 5.05. The lowest BCUT2D eigenvalue weighted by molar-refractivity contribution is 0.717. The Balaban J connectivity index is 2.18. The molecule has 0 aliphatic rings. The summed E-state index contributed by atoms with van der Waals surface area (Å²) in [4.78, 5) is 9.54. The lowest BCUT2D eigenvalue weighted by atomic mass is 10.1.